The van der Waals surface area contributed by atoms with E-state index in [2.05, 4.69) is 40.8 Å². The fraction of sp³-hybridized carbons (Fsp3) is 0.471. The van der Waals surface area contributed by atoms with E-state index in [1.54, 1.807) is 11.3 Å². The van der Waals surface area contributed by atoms with Crippen LogP contribution in [0.25, 0.3) is 0 Å². The zero-order chi connectivity index (χ0) is 14.7. The Morgan fingerprint density at radius 3 is 3.10 bits per heavy atom. The Kier molecular flexibility index (Phi) is 4.56. The highest BCUT2D eigenvalue weighted by Crippen LogP contribution is 2.32. The number of fused-ring (bicyclic) bond motifs is 1. The van der Waals surface area contributed by atoms with Gasteiger partial charge in [-0.3, -0.25) is 0 Å². The highest BCUT2D eigenvalue weighted by molar-refractivity contribution is 7.09. The van der Waals surface area contributed by atoms with Crippen molar-refractivity contribution in [1.29, 1.82) is 0 Å². The number of hydrogen-bond donors (Lipinski definition) is 1. The van der Waals surface area contributed by atoms with Crippen LogP contribution in [0.15, 0.2) is 23.6 Å². The minimum absolute atomic E-state index is 0.494. The van der Waals surface area contributed by atoms with Crippen LogP contribution in [0.4, 0.5) is 0 Å². The molecule has 1 atom stereocenters. The molecule has 0 saturated heterocycles. The molecule has 1 aliphatic carbocycles. The monoisotopic (exact) mass is 302 g/mol. The minimum Gasteiger partial charge on any atom is -0.487 e. The number of benzene rings is 1. The van der Waals surface area contributed by atoms with Crippen LogP contribution < -0.4 is 10.1 Å². The van der Waals surface area contributed by atoms with Crippen molar-refractivity contribution in [3.05, 3.63) is 45.4 Å². The summed E-state index contributed by atoms with van der Waals surface area (Å²) in [6.07, 6.45) is 4.62. The number of aryl methyl sites for hydroxylation is 2. The first-order valence-corrected chi connectivity index (χ1v) is 8.54. The number of nitrogens with zero attached hydrogens (tertiary/aromatic N) is 1. The van der Waals surface area contributed by atoms with Crippen molar-refractivity contribution in [3.8, 4) is 5.75 Å². The van der Waals surface area contributed by atoms with E-state index >= 15 is 0 Å². The van der Waals surface area contributed by atoms with Crippen LogP contribution in [0.3, 0.4) is 0 Å². The van der Waals surface area contributed by atoms with Crippen LogP contribution in [0.1, 0.15) is 47.6 Å². The van der Waals surface area contributed by atoms with Gasteiger partial charge in [0.05, 0.1) is 10.7 Å². The summed E-state index contributed by atoms with van der Waals surface area (Å²) in [4.78, 5) is 4.54. The van der Waals surface area contributed by atoms with Crippen molar-refractivity contribution in [2.24, 2.45) is 0 Å². The van der Waals surface area contributed by atoms with Crippen LogP contribution in [-0.4, -0.2) is 12.0 Å². The zero-order valence-corrected chi connectivity index (χ0v) is 13.5. The molecule has 0 bridgehead atoms. The van der Waals surface area contributed by atoms with Gasteiger partial charge in [-0.2, -0.15) is 0 Å². The maximum atomic E-state index is 5.91. The van der Waals surface area contributed by atoms with Gasteiger partial charge in [-0.25, -0.2) is 4.98 Å². The maximum absolute atomic E-state index is 5.91. The number of rotatable bonds is 5. The smallest absolute Gasteiger partial charge is 0.131 e. The van der Waals surface area contributed by atoms with Crippen molar-refractivity contribution >= 4 is 11.3 Å². The quantitative estimate of drug-likeness (QED) is 0.910. The molecule has 1 unspecified atom stereocenters. The molecule has 0 saturated carbocycles. The van der Waals surface area contributed by atoms with Gasteiger partial charge in [-0.15, -0.1) is 11.3 Å². The summed E-state index contributed by atoms with van der Waals surface area (Å²) in [5, 5.41) is 6.67. The van der Waals surface area contributed by atoms with E-state index in [1.165, 1.54) is 29.0 Å². The number of hydrogen-bond acceptors (Lipinski definition) is 4. The third-order valence-corrected chi connectivity index (χ3v) is 5.11. The molecule has 21 heavy (non-hydrogen) atoms. The van der Waals surface area contributed by atoms with Gasteiger partial charge in [0.2, 0.25) is 0 Å². The molecule has 0 spiro atoms. The normalized spacial score (nSPS) is 17.5. The lowest BCUT2D eigenvalue weighted by Gasteiger charge is -2.25. The summed E-state index contributed by atoms with van der Waals surface area (Å²) in [5.41, 5.74) is 3.88. The van der Waals surface area contributed by atoms with E-state index in [-0.39, 0.29) is 0 Å². The number of thiazole rings is 1. The maximum Gasteiger partial charge on any atom is 0.131 e. The molecule has 3 nitrogen and oxygen atoms in total. The van der Waals surface area contributed by atoms with Gasteiger partial charge in [-0.05, 0) is 56.0 Å². The van der Waals surface area contributed by atoms with Crippen LogP contribution >= 0.6 is 11.3 Å². The lowest BCUT2D eigenvalue weighted by molar-refractivity contribution is 0.301. The van der Waals surface area contributed by atoms with Gasteiger partial charge >= 0.3 is 0 Å². The van der Waals surface area contributed by atoms with Gasteiger partial charge in [0.15, 0.2) is 0 Å². The highest BCUT2D eigenvalue weighted by atomic mass is 32.1. The second-order valence-electron chi connectivity index (χ2n) is 5.47. The fourth-order valence-corrected chi connectivity index (χ4v) is 3.64. The third-order valence-electron chi connectivity index (χ3n) is 4.07. The molecule has 4 heteroatoms. The lowest BCUT2D eigenvalue weighted by atomic mass is 9.87. The van der Waals surface area contributed by atoms with Crippen LogP contribution in [0.2, 0.25) is 0 Å². The second kappa shape index (κ2) is 6.58. The average Bonchev–Trinajstić information content (AvgIpc) is 3.00. The average molecular weight is 302 g/mol. The second-order valence-corrected chi connectivity index (χ2v) is 6.41. The zero-order valence-electron chi connectivity index (χ0n) is 12.7. The van der Waals surface area contributed by atoms with Crippen molar-refractivity contribution < 1.29 is 4.74 Å². The SMILES string of the molecule is CCc1nc(COc2ccc3c(c2)CCCC3NC)cs1. The first-order valence-electron chi connectivity index (χ1n) is 7.66. The Balaban J connectivity index is 1.69. The fourth-order valence-electron chi connectivity index (χ4n) is 2.92. The summed E-state index contributed by atoms with van der Waals surface area (Å²) in [5.74, 6) is 0.955. The summed E-state index contributed by atoms with van der Waals surface area (Å²) in [6.45, 7) is 2.69. The molecular weight excluding hydrogens is 280 g/mol. The molecule has 0 aliphatic heterocycles. The molecule has 1 aromatic carbocycles. The van der Waals surface area contributed by atoms with Crippen LogP contribution in [0.5, 0.6) is 5.75 Å². The number of aromatic nitrogens is 1. The number of nitrogens with one attached hydrogen (secondary N) is 1. The summed E-state index contributed by atoms with van der Waals surface area (Å²) >= 11 is 1.71. The van der Waals surface area contributed by atoms with Gasteiger partial charge in [0, 0.05) is 11.4 Å². The topological polar surface area (TPSA) is 34.1 Å². The van der Waals surface area contributed by atoms with Gasteiger partial charge in [0.1, 0.15) is 12.4 Å². The van der Waals surface area contributed by atoms with Gasteiger partial charge in [-0.1, -0.05) is 13.0 Å². The molecule has 0 radical (unpaired) electrons. The standard InChI is InChI=1S/C17H22N2OS/c1-3-17-19-13(11-21-17)10-20-14-7-8-15-12(9-14)5-4-6-16(15)18-2/h7-9,11,16,18H,3-6,10H2,1-2H3. The van der Waals surface area contributed by atoms with E-state index in [9.17, 15) is 0 Å². The van der Waals surface area contributed by atoms with Crippen LogP contribution in [-0.2, 0) is 19.4 Å². The molecule has 1 aromatic heterocycles. The number of ether oxygens (including phenoxy) is 1. The predicted octanol–water partition coefficient (Wildman–Crippen LogP) is 3.88. The Hall–Kier alpha value is -1.39. The molecule has 3 rings (SSSR count). The van der Waals surface area contributed by atoms with Crippen molar-refractivity contribution in [2.75, 3.05) is 7.05 Å². The van der Waals surface area contributed by atoms with Crippen LogP contribution in [0, 0.1) is 0 Å². The molecule has 1 N–H and O–H groups in total. The predicted molar refractivity (Wildman–Crippen MR) is 87.0 cm³/mol. The first kappa shape index (κ1) is 14.5. The first-order chi connectivity index (χ1) is 10.3. The van der Waals surface area contributed by atoms with Gasteiger partial charge in [0.25, 0.3) is 0 Å². The molecule has 0 fully saturated rings. The highest BCUT2D eigenvalue weighted by Gasteiger charge is 2.18. The third kappa shape index (κ3) is 3.27. The van der Waals surface area contributed by atoms with Crippen molar-refractivity contribution in [3.63, 3.8) is 0 Å². The van der Waals surface area contributed by atoms with E-state index < -0.39 is 0 Å². The molecular formula is C17H22N2OS. The Morgan fingerprint density at radius 1 is 1.43 bits per heavy atom. The van der Waals surface area contributed by atoms with Gasteiger partial charge < -0.3 is 10.1 Å². The summed E-state index contributed by atoms with van der Waals surface area (Å²) < 4.78 is 5.91. The van der Waals surface area contributed by atoms with E-state index in [4.69, 9.17) is 4.74 Å². The van der Waals surface area contributed by atoms with Crippen molar-refractivity contribution in [1.82, 2.24) is 10.3 Å². The molecule has 1 aliphatic rings. The molecule has 2 aromatic rings. The van der Waals surface area contributed by atoms with E-state index in [0.717, 1.165) is 24.3 Å². The molecule has 112 valence electrons. The van der Waals surface area contributed by atoms with E-state index in [0.29, 0.717) is 12.6 Å². The summed E-state index contributed by atoms with van der Waals surface area (Å²) in [7, 11) is 2.04. The summed E-state index contributed by atoms with van der Waals surface area (Å²) in [6, 6.07) is 6.99. The largest absolute Gasteiger partial charge is 0.487 e. The molecule has 1 heterocycles. The molecule has 0 amide bonds. The Labute approximate surface area is 130 Å². The van der Waals surface area contributed by atoms with Crippen molar-refractivity contribution in [2.45, 2.75) is 45.3 Å². The van der Waals surface area contributed by atoms with E-state index in [1.807, 2.05) is 7.05 Å². The minimum atomic E-state index is 0.494. The Morgan fingerprint density at radius 2 is 2.33 bits per heavy atom. The lowest BCUT2D eigenvalue weighted by Crippen LogP contribution is -2.21. The Bertz CT molecular complexity index is 609.